The number of carbonyl (C=O) groups is 1. The molecule has 6 heteroatoms. The predicted molar refractivity (Wildman–Crippen MR) is 101 cm³/mol. The van der Waals surface area contributed by atoms with E-state index in [1.54, 1.807) is 7.05 Å². The average Bonchev–Trinajstić information content (AvgIpc) is 2.86. The van der Waals surface area contributed by atoms with Crippen LogP contribution in [0.1, 0.15) is 32.3 Å². The van der Waals surface area contributed by atoms with Crippen LogP contribution in [0, 0.1) is 12.3 Å². The highest BCUT2D eigenvalue weighted by atomic mass is 35.5. The molecule has 1 fully saturated rings. The Morgan fingerprint density at radius 3 is 2.75 bits per heavy atom. The molecule has 1 aromatic rings. The van der Waals surface area contributed by atoms with Gasteiger partial charge in [-0.15, -0.1) is 0 Å². The number of hydrogen-bond acceptors (Lipinski definition) is 2. The number of aliphatic imine (C=N–C) groups is 1. The van der Waals surface area contributed by atoms with Crippen molar-refractivity contribution in [1.82, 2.24) is 10.2 Å². The number of carbonyl (C=O) groups excluding carboxylic acids is 1. The maximum Gasteiger partial charge on any atom is 0.226 e. The third-order valence-corrected chi connectivity index (χ3v) is 4.54. The first-order chi connectivity index (χ1) is 11.3. The molecule has 132 valence electrons. The number of hydrogen-bond donors (Lipinski definition) is 2. The maximum absolute atomic E-state index is 12.1. The first-order valence-corrected chi connectivity index (χ1v) is 8.70. The minimum Gasteiger partial charge on any atom is -0.356 e. The molecule has 1 aromatic carbocycles. The van der Waals surface area contributed by atoms with Crippen molar-refractivity contribution in [3.8, 4) is 0 Å². The lowest BCUT2D eigenvalue weighted by Crippen LogP contribution is -2.41. The van der Waals surface area contributed by atoms with E-state index in [1.807, 2.05) is 25.1 Å². The molecule has 2 N–H and O–H groups in total. The van der Waals surface area contributed by atoms with Crippen molar-refractivity contribution >= 4 is 29.2 Å². The van der Waals surface area contributed by atoms with Gasteiger partial charge in [0.15, 0.2) is 5.96 Å². The molecular weight excluding hydrogens is 324 g/mol. The van der Waals surface area contributed by atoms with Crippen LogP contribution in [0.15, 0.2) is 23.2 Å². The summed E-state index contributed by atoms with van der Waals surface area (Å²) in [5.41, 5.74) is 2.03. The molecule has 1 aliphatic heterocycles. The summed E-state index contributed by atoms with van der Waals surface area (Å²) in [6.45, 7) is 9.01. The summed E-state index contributed by atoms with van der Waals surface area (Å²) < 4.78 is 0. The fourth-order valence-electron chi connectivity index (χ4n) is 2.85. The van der Waals surface area contributed by atoms with Crippen molar-refractivity contribution in [2.45, 2.75) is 33.6 Å². The molecule has 0 saturated carbocycles. The molecule has 1 saturated heterocycles. The Labute approximate surface area is 149 Å². The first kappa shape index (κ1) is 18.6. The lowest BCUT2D eigenvalue weighted by molar-refractivity contribution is -0.116. The Balaban J connectivity index is 1.79. The Hall–Kier alpha value is -1.75. The molecule has 5 nitrogen and oxygen atoms in total. The summed E-state index contributed by atoms with van der Waals surface area (Å²) in [6, 6.07) is 5.59. The standard InChI is InChI=1S/C18H27ClN4O/c1-13-5-6-15(14(19)11-13)22-16(24)7-9-21-17(20-4)23-10-8-18(2,3)12-23/h5-6,11H,7-10,12H2,1-4H3,(H,20,21)(H,22,24). The predicted octanol–water partition coefficient (Wildman–Crippen LogP) is 3.28. The number of guanidine groups is 1. The number of aryl methyl sites for hydroxylation is 1. The largest absolute Gasteiger partial charge is 0.356 e. The Morgan fingerprint density at radius 1 is 1.42 bits per heavy atom. The molecule has 0 aliphatic carbocycles. The number of nitrogens with one attached hydrogen (secondary N) is 2. The van der Waals surface area contributed by atoms with Crippen molar-refractivity contribution < 1.29 is 4.79 Å². The summed E-state index contributed by atoms with van der Waals surface area (Å²) >= 11 is 6.14. The van der Waals surface area contributed by atoms with Gasteiger partial charge in [0, 0.05) is 33.1 Å². The molecule has 0 unspecified atom stereocenters. The molecule has 1 aliphatic rings. The zero-order valence-electron chi connectivity index (χ0n) is 14.9. The second kappa shape index (κ2) is 7.88. The third-order valence-electron chi connectivity index (χ3n) is 4.22. The SMILES string of the molecule is CN=C(NCCC(=O)Nc1ccc(C)cc1Cl)N1CCC(C)(C)C1. The zero-order chi connectivity index (χ0) is 17.7. The lowest BCUT2D eigenvalue weighted by atomic mass is 9.93. The van der Waals surface area contributed by atoms with Crippen LogP contribution in [-0.4, -0.2) is 43.4 Å². The summed E-state index contributed by atoms with van der Waals surface area (Å²) in [6.07, 6.45) is 1.51. The van der Waals surface area contributed by atoms with E-state index in [1.165, 1.54) is 0 Å². The van der Waals surface area contributed by atoms with E-state index in [2.05, 4.69) is 34.4 Å². The number of amides is 1. The van der Waals surface area contributed by atoms with Crippen LogP contribution < -0.4 is 10.6 Å². The summed E-state index contributed by atoms with van der Waals surface area (Å²) in [7, 11) is 1.78. The van der Waals surface area contributed by atoms with E-state index in [0.717, 1.165) is 31.0 Å². The fraction of sp³-hybridized carbons (Fsp3) is 0.556. The smallest absolute Gasteiger partial charge is 0.226 e. The van der Waals surface area contributed by atoms with Gasteiger partial charge in [-0.05, 0) is 36.5 Å². The highest BCUT2D eigenvalue weighted by Crippen LogP contribution is 2.28. The zero-order valence-corrected chi connectivity index (χ0v) is 15.7. The quantitative estimate of drug-likeness (QED) is 0.647. The Morgan fingerprint density at radius 2 is 2.17 bits per heavy atom. The highest BCUT2D eigenvalue weighted by molar-refractivity contribution is 6.33. The van der Waals surface area contributed by atoms with E-state index in [0.29, 0.717) is 29.1 Å². The summed E-state index contributed by atoms with van der Waals surface area (Å²) in [5, 5.41) is 6.68. The summed E-state index contributed by atoms with van der Waals surface area (Å²) in [4.78, 5) is 18.6. The molecule has 0 bridgehead atoms. The van der Waals surface area contributed by atoms with Crippen LogP contribution in [-0.2, 0) is 4.79 Å². The summed E-state index contributed by atoms with van der Waals surface area (Å²) in [5.74, 6) is 0.798. The molecule has 0 atom stereocenters. The van der Waals surface area contributed by atoms with E-state index >= 15 is 0 Å². The number of anilines is 1. The molecule has 2 rings (SSSR count). The van der Waals surface area contributed by atoms with Crippen molar-refractivity contribution in [1.29, 1.82) is 0 Å². The average molecular weight is 351 g/mol. The van der Waals surface area contributed by atoms with Gasteiger partial charge in [-0.25, -0.2) is 0 Å². The Kier molecular flexibility index (Phi) is 6.10. The number of benzene rings is 1. The van der Waals surface area contributed by atoms with Crippen molar-refractivity contribution in [3.05, 3.63) is 28.8 Å². The lowest BCUT2D eigenvalue weighted by Gasteiger charge is -2.23. The molecular formula is C18H27ClN4O. The molecule has 0 aromatic heterocycles. The van der Waals surface area contributed by atoms with Gasteiger partial charge in [-0.1, -0.05) is 31.5 Å². The maximum atomic E-state index is 12.1. The van der Waals surface area contributed by atoms with Crippen LogP contribution in [0.2, 0.25) is 5.02 Å². The number of nitrogens with zero attached hydrogens (tertiary/aromatic N) is 2. The van der Waals surface area contributed by atoms with Gasteiger partial charge in [0.05, 0.1) is 10.7 Å². The van der Waals surface area contributed by atoms with E-state index in [4.69, 9.17) is 11.6 Å². The van der Waals surface area contributed by atoms with Gasteiger partial charge in [-0.3, -0.25) is 9.79 Å². The second-order valence-electron chi connectivity index (χ2n) is 7.09. The number of likely N-dealkylation sites (tertiary alicyclic amines) is 1. The van der Waals surface area contributed by atoms with Crippen molar-refractivity contribution in [2.24, 2.45) is 10.4 Å². The van der Waals surface area contributed by atoms with Gasteiger partial charge in [0.25, 0.3) is 0 Å². The normalized spacial score (nSPS) is 17.0. The van der Waals surface area contributed by atoms with Crippen LogP contribution >= 0.6 is 11.6 Å². The van der Waals surface area contributed by atoms with Gasteiger partial charge in [0.2, 0.25) is 5.91 Å². The first-order valence-electron chi connectivity index (χ1n) is 8.32. The molecule has 0 spiro atoms. The third kappa shape index (κ3) is 5.13. The van der Waals surface area contributed by atoms with E-state index in [9.17, 15) is 4.79 Å². The van der Waals surface area contributed by atoms with Crippen LogP contribution in [0.3, 0.4) is 0 Å². The van der Waals surface area contributed by atoms with Crippen molar-refractivity contribution in [3.63, 3.8) is 0 Å². The Bertz CT molecular complexity index is 627. The number of rotatable bonds is 4. The monoisotopic (exact) mass is 350 g/mol. The van der Waals surface area contributed by atoms with Crippen LogP contribution in [0.4, 0.5) is 5.69 Å². The molecule has 1 heterocycles. The fourth-order valence-corrected chi connectivity index (χ4v) is 3.13. The van der Waals surface area contributed by atoms with Crippen LogP contribution in [0.5, 0.6) is 0 Å². The van der Waals surface area contributed by atoms with E-state index in [-0.39, 0.29) is 5.91 Å². The van der Waals surface area contributed by atoms with Crippen molar-refractivity contribution in [2.75, 3.05) is 32.0 Å². The molecule has 24 heavy (non-hydrogen) atoms. The number of halogens is 1. The molecule has 1 amide bonds. The van der Waals surface area contributed by atoms with Gasteiger partial charge < -0.3 is 15.5 Å². The topological polar surface area (TPSA) is 56.7 Å². The van der Waals surface area contributed by atoms with E-state index < -0.39 is 0 Å². The minimum absolute atomic E-state index is 0.0644. The van der Waals surface area contributed by atoms with Gasteiger partial charge >= 0.3 is 0 Å². The van der Waals surface area contributed by atoms with Gasteiger partial charge in [0.1, 0.15) is 0 Å². The highest BCUT2D eigenvalue weighted by Gasteiger charge is 2.30. The van der Waals surface area contributed by atoms with Crippen LogP contribution in [0.25, 0.3) is 0 Å². The molecule has 0 radical (unpaired) electrons. The second-order valence-corrected chi connectivity index (χ2v) is 7.50. The van der Waals surface area contributed by atoms with Gasteiger partial charge in [-0.2, -0.15) is 0 Å². The minimum atomic E-state index is -0.0644.